The molecule has 6 heteroatoms. The first-order chi connectivity index (χ1) is 11.5. The van der Waals surface area contributed by atoms with Crippen molar-refractivity contribution in [3.63, 3.8) is 0 Å². The molecule has 0 spiro atoms. The maximum absolute atomic E-state index is 12.8. The average molecular weight is 345 g/mol. The second-order valence-electron chi connectivity index (χ2n) is 5.57. The number of hydrogen-bond donors (Lipinski definition) is 1. The van der Waals surface area contributed by atoms with Crippen LogP contribution in [0.15, 0.2) is 42.5 Å². The zero-order valence-electron chi connectivity index (χ0n) is 13.4. The van der Waals surface area contributed by atoms with Gasteiger partial charge in [0.25, 0.3) is 5.91 Å². The molecule has 1 aliphatic rings. The van der Waals surface area contributed by atoms with Gasteiger partial charge >= 0.3 is 0 Å². The third-order valence-electron chi connectivity index (χ3n) is 3.98. The fraction of sp³-hybridized carbons (Fsp3) is 0.222. The zero-order valence-corrected chi connectivity index (χ0v) is 14.1. The third kappa shape index (κ3) is 2.95. The van der Waals surface area contributed by atoms with Crippen molar-refractivity contribution >= 4 is 29.1 Å². The second-order valence-corrected chi connectivity index (χ2v) is 5.98. The van der Waals surface area contributed by atoms with Crippen LogP contribution in [0.2, 0.25) is 5.02 Å². The van der Waals surface area contributed by atoms with E-state index in [1.807, 2.05) is 24.3 Å². The van der Waals surface area contributed by atoms with E-state index >= 15 is 0 Å². The van der Waals surface area contributed by atoms with Gasteiger partial charge in [-0.1, -0.05) is 29.8 Å². The summed E-state index contributed by atoms with van der Waals surface area (Å²) in [5.41, 5.74) is 2.32. The Morgan fingerprint density at radius 1 is 1.29 bits per heavy atom. The molecule has 1 heterocycles. The van der Waals surface area contributed by atoms with Gasteiger partial charge in [-0.05, 0) is 29.8 Å². The smallest absolute Gasteiger partial charge is 0.254 e. The summed E-state index contributed by atoms with van der Waals surface area (Å²) in [4.78, 5) is 26.0. The van der Waals surface area contributed by atoms with Crippen molar-refractivity contribution in [1.82, 2.24) is 5.32 Å². The number of hydrogen-bond acceptors (Lipinski definition) is 3. The van der Waals surface area contributed by atoms with Gasteiger partial charge in [0.15, 0.2) is 0 Å². The maximum Gasteiger partial charge on any atom is 0.254 e. The number of rotatable bonds is 4. The van der Waals surface area contributed by atoms with Crippen LogP contribution in [0.4, 0.5) is 5.69 Å². The monoisotopic (exact) mass is 344 g/mol. The molecule has 1 N–H and O–H groups in total. The van der Waals surface area contributed by atoms with Crippen molar-refractivity contribution in [3.8, 4) is 5.75 Å². The highest BCUT2D eigenvalue weighted by atomic mass is 35.5. The van der Waals surface area contributed by atoms with E-state index in [1.165, 1.54) is 6.92 Å². The number of nitrogens with one attached hydrogen (secondary N) is 1. The minimum Gasteiger partial charge on any atom is -0.497 e. The van der Waals surface area contributed by atoms with Gasteiger partial charge in [0.1, 0.15) is 11.8 Å². The maximum atomic E-state index is 12.8. The molecule has 3 rings (SSSR count). The Morgan fingerprint density at radius 2 is 2.04 bits per heavy atom. The van der Waals surface area contributed by atoms with Crippen molar-refractivity contribution in [3.05, 3.63) is 58.6 Å². The van der Waals surface area contributed by atoms with Crippen LogP contribution in [0.3, 0.4) is 0 Å². The lowest BCUT2D eigenvalue weighted by Crippen LogP contribution is -2.36. The van der Waals surface area contributed by atoms with E-state index in [1.54, 1.807) is 30.2 Å². The van der Waals surface area contributed by atoms with Crippen molar-refractivity contribution in [2.75, 3.05) is 12.0 Å². The van der Waals surface area contributed by atoms with Gasteiger partial charge < -0.3 is 15.0 Å². The molecular weight excluding hydrogens is 328 g/mol. The minimum atomic E-state index is -0.713. The molecule has 2 aromatic carbocycles. The SMILES string of the molecule is COc1ccc2c(c1)C(NC(C)=O)C(=O)N2Cc1ccccc1Cl. The summed E-state index contributed by atoms with van der Waals surface area (Å²) in [5.74, 6) is 0.187. The van der Waals surface area contributed by atoms with Crippen molar-refractivity contribution in [2.24, 2.45) is 0 Å². The molecule has 0 bridgehead atoms. The summed E-state index contributed by atoms with van der Waals surface area (Å²) in [7, 11) is 1.56. The molecule has 0 aromatic heterocycles. The van der Waals surface area contributed by atoms with Crippen molar-refractivity contribution < 1.29 is 14.3 Å². The first-order valence-corrected chi connectivity index (χ1v) is 7.89. The molecule has 2 amide bonds. The Kier molecular flexibility index (Phi) is 4.44. The Hall–Kier alpha value is -2.53. The molecule has 1 unspecified atom stereocenters. The van der Waals surface area contributed by atoms with Crippen molar-refractivity contribution in [2.45, 2.75) is 19.5 Å². The number of nitrogens with zero attached hydrogens (tertiary/aromatic N) is 1. The van der Waals surface area contributed by atoms with Crippen LogP contribution in [-0.2, 0) is 16.1 Å². The first-order valence-electron chi connectivity index (χ1n) is 7.51. The lowest BCUT2D eigenvalue weighted by atomic mass is 10.1. The highest BCUT2D eigenvalue weighted by Gasteiger charge is 2.38. The van der Waals surface area contributed by atoms with Gasteiger partial charge in [0.2, 0.25) is 5.91 Å². The Morgan fingerprint density at radius 3 is 2.71 bits per heavy atom. The highest BCUT2D eigenvalue weighted by Crippen LogP contribution is 2.39. The Bertz CT molecular complexity index is 807. The standard InChI is InChI=1S/C18H17ClN2O3/c1-11(22)20-17-14-9-13(24-2)7-8-16(14)21(18(17)23)10-12-5-3-4-6-15(12)19/h3-9,17H,10H2,1-2H3,(H,20,22). The molecular formula is C18H17ClN2O3. The Labute approximate surface area is 145 Å². The Balaban J connectivity index is 2.01. The average Bonchev–Trinajstić information content (AvgIpc) is 2.81. The summed E-state index contributed by atoms with van der Waals surface area (Å²) in [6.45, 7) is 1.73. The second kappa shape index (κ2) is 6.53. The minimum absolute atomic E-state index is 0.187. The largest absolute Gasteiger partial charge is 0.497 e. The van der Waals surface area contributed by atoms with Gasteiger partial charge in [0, 0.05) is 17.5 Å². The number of fused-ring (bicyclic) bond motifs is 1. The number of anilines is 1. The molecule has 0 saturated heterocycles. The molecule has 0 radical (unpaired) electrons. The van der Waals surface area contributed by atoms with E-state index in [0.717, 1.165) is 16.8 Å². The topological polar surface area (TPSA) is 58.6 Å². The van der Waals surface area contributed by atoms with Gasteiger partial charge in [-0.2, -0.15) is 0 Å². The van der Waals surface area contributed by atoms with Crippen LogP contribution >= 0.6 is 11.6 Å². The molecule has 1 atom stereocenters. The first kappa shape index (κ1) is 16.3. The number of carbonyl (C=O) groups is 2. The number of halogens is 1. The molecule has 0 fully saturated rings. The van der Waals surface area contributed by atoms with Crippen LogP contribution in [-0.4, -0.2) is 18.9 Å². The van der Waals surface area contributed by atoms with E-state index in [2.05, 4.69) is 5.32 Å². The van der Waals surface area contributed by atoms with E-state index in [4.69, 9.17) is 16.3 Å². The van der Waals surface area contributed by atoms with Gasteiger partial charge in [-0.3, -0.25) is 9.59 Å². The van der Waals surface area contributed by atoms with Crippen LogP contribution in [0.1, 0.15) is 24.1 Å². The summed E-state index contributed by atoms with van der Waals surface area (Å²) in [6.07, 6.45) is 0. The predicted octanol–water partition coefficient (Wildman–Crippen LogP) is 3.07. The number of ether oxygens (including phenoxy) is 1. The highest BCUT2D eigenvalue weighted by molar-refractivity contribution is 6.31. The van der Waals surface area contributed by atoms with E-state index in [0.29, 0.717) is 17.3 Å². The van der Waals surface area contributed by atoms with Crippen LogP contribution in [0, 0.1) is 0 Å². The van der Waals surface area contributed by atoms with Crippen molar-refractivity contribution in [1.29, 1.82) is 0 Å². The molecule has 0 saturated carbocycles. The molecule has 0 aliphatic carbocycles. The van der Waals surface area contributed by atoms with E-state index in [-0.39, 0.29) is 11.8 Å². The molecule has 124 valence electrons. The summed E-state index contributed by atoms with van der Waals surface area (Å²) in [6, 6.07) is 12.1. The normalized spacial score (nSPS) is 16.0. The van der Waals surface area contributed by atoms with Crippen LogP contribution in [0.5, 0.6) is 5.75 Å². The number of benzene rings is 2. The lowest BCUT2D eigenvalue weighted by molar-refractivity contribution is -0.126. The number of carbonyl (C=O) groups excluding carboxylic acids is 2. The molecule has 1 aliphatic heterocycles. The summed E-state index contributed by atoms with van der Waals surface area (Å²) < 4.78 is 5.24. The van der Waals surface area contributed by atoms with E-state index in [9.17, 15) is 9.59 Å². The fourth-order valence-electron chi connectivity index (χ4n) is 2.85. The summed E-state index contributed by atoms with van der Waals surface area (Å²) in [5, 5.41) is 3.31. The molecule has 2 aromatic rings. The van der Waals surface area contributed by atoms with E-state index < -0.39 is 6.04 Å². The lowest BCUT2D eigenvalue weighted by Gasteiger charge is -2.19. The van der Waals surface area contributed by atoms with Crippen LogP contribution < -0.4 is 15.0 Å². The zero-order chi connectivity index (χ0) is 17.3. The van der Waals surface area contributed by atoms with Gasteiger partial charge in [-0.25, -0.2) is 0 Å². The van der Waals surface area contributed by atoms with Gasteiger partial charge in [-0.15, -0.1) is 0 Å². The van der Waals surface area contributed by atoms with Gasteiger partial charge in [0.05, 0.1) is 19.3 Å². The molecule has 5 nitrogen and oxygen atoms in total. The number of amides is 2. The third-order valence-corrected chi connectivity index (χ3v) is 4.35. The summed E-state index contributed by atoms with van der Waals surface area (Å²) >= 11 is 6.22. The quantitative estimate of drug-likeness (QED) is 0.927. The van der Waals surface area contributed by atoms with Crippen LogP contribution in [0.25, 0.3) is 0 Å². The fourth-order valence-corrected chi connectivity index (χ4v) is 3.04. The predicted molar refractivity (Wildman–Crippen MR) is 92.2 cm³/mol. The number of methoxy groups -OCH3 is 1. The molecule has 24 heavy (non-hydrogen) atoms.